The smallest absolute Gasteiger partial charge is 0.153 e. The fourth-order valence-electron chi connectivity index (χ4n) is 1.83. The molecule has 0 aliphatic carbocycles. The molecule has 0 aliphatic rings. The van der Waals surface area contributed by atoms with Gasteiger partial charge in [0.05, 0.1) is 11.8 Å². The molecule has 2 aromatic carbocycles. The van der Waals surface area contributed by atoms with Gasteiger partial charge in [-0.3, -0.25) is 0 Å². The summed E-state index contributed by atoms with van der Waals surface area (Å²) in [4.78, 5) is 3.36. The van der Waals surface area contributed by atoms with E-state index in [4.69, 9.17) is 4.74 Å². The summed E-state index contributed by atoms with van der Waals surface area (Å²) < 4.78 is 33.0. The van der Waals surface area contributed by atoms with Crippen molar-refractivity contribution in [3.8, 4) is 17.6 Å². The first-order valence-corrected chi connectivity index (χ1v) is 7.72. The van der Waals surface area contributed by atoms with Gasteiger partial charge in [0.25, 0.3) is 0 Å². The molecule has 0 atom stereocenters. The van der Waals surface area contributed by atoms with Crippen molar-refractivity contribution in [1.82, 2.24) is 0 Å². The Bertz CT molecular complexity index is 806. The Morgan fingerprint density at radius 3 is 2.17 bits per heavy atom. The Morgan fingerprint density at radius 2 is 1.62 bits per heavy atom. The number of hydrogen-bond donors (Lipinski definition) is 0. The third-order valence-corrected chi connectivity index (χ3v) is 3.05. The average molecular weight is 343 g/mol. The highest BCUT2D eigenvalue weighted by atomic mass is 32.1. The molecule has 0 radical (unpaired) electrons. The minimum atomic E-state index is -0.825. The van der Waals surface area contributed by atoms with Gasteiger partial charge in [-0.25, -0.2) is 8.78 Å². The average Bonchev–Trinajstić information content (AvgIpc) is 2.55. The molecule has 0 aromatic heterocycles. The van der Waals surface area contributed by atoms with E-state index in [1.807, 2.05) is 17.3 Å². The highest BCUT2D eigenvalue weighted by Crippen LogP contribution is 2.23. The van der Waals surface area contributed by atoms with Gasteiger partial charge in [-0.05, 0) is 54.5 Å². The molecule has 5 heteroatoms. The molecule has 0 spiro atoms. The molecule has 0 N–H and O–H groups in total. The summed E-state index contributed by atoms with van der Waals surface area (Å²) in [5.74, 6) is 5.13. The van der Waals surface area contributed by atoms with Crippen LogP contribution in [0.5, 0.6) is 5.75 Å². The molecule has 0 heterocycles. The predicted molar refractivity (Wildman–Crippen MR) is 93.8 cm³/mol. The van der Waals surface area contributed by atoms with Crippen LogP contribution in [0.3, 0.4) is 0 Å². The van der Waals surface area contributed by atoms with Crippen LogP contribution >= 0.6 is 12.2 Å². The maximum atomic E-state index is 13.7. The topological polar surface area (TPSA) is 21.6 Å². The van der Waals surface area contributed by atoms with Crippen molar-refractivity contribution in [2.45, 2.75) is 13.8 Å². The highest BCUT2D eigenvalue weighted by Gasteiger charge is 2.09. The van der Waals surface area contributed by atoms with E-state index in [-0.39, 0.29) is 5.56 Å². The summed E-state index contributed by atoms with van der Waals surface area (Å²) in [6.07, 6.45) is 0. The van der Waals surface area contributed by atoms with Crippen molar-refractivity contribution in [3.63, 3.8) is 0 Å². The second kappa shape index (κ2) is 8.35. The van der Waals surface area contributed by atoms with Gasteiger partial charge >= 0.3 is 0 Å². The number of ether oxygens (including phenoxy) is 1. The predicted octanol–water partition coefficient (Wildman–Crippen LogP) is 5.13. The number of halogens is 2. The lowest BCUT2D eigenvalue weighted by Gasteiger charge is -2.08. The maximum Gasteiger partial charge on any atom is 0.153 e. The lowest BCUT2D eigenvalue weighted by molar-refractivity contribution is 0.271. The van der Waals surface area contributed by atoms with E-state index in [1.54, 1.807) is 12.1 Å². The van der Waals surface area contributed by atoms with Gasteiger partial charge in [-0.1, -0.05) is 25.7 Å². The molecule has 24 heavy (non-hydrogen) atoms. The normalized spacial score (nSPS) is 9.88. The lowest BCUT2D eigenvalue weighted by Crippen LogP contribution is -2.04. The van der Waals surface area contributed by atoms with Crippen molar-refractivity contribution >= 4 is 23.1 Å². The van der Waals surface area contributed by atoms with Crippen LogP contribution in [0.1, 0.15) is 25.0 Å². The third-order valence-electron chi connectivity index (χ3n) is 2.96. The number of thiocarbonyl (C=S) groups is 1. The Balaban J connectivity index is 2.16. The van der Waals surface area contributed by atoms with Crippen LogP contribution in [-0.4, -0.2) is 11.8 Å². The molecule has 0 saturated heterocycles. The highest BCUT2D eigenvalue weighted by molar-refractivity contribution is 7.78. The summed E-state index contributed by atoms with van der Waals surface area (Å²) >= 11 is 4.36. The molecule has 0 unspecified atom stereocenters. The van der Waals surface area contributed by atoms with Crippen molar-refractivity contribution in [2.75, 3.05) is 6.61 Å². The van der Waals surface area contributed by atoms with E-state index in [9.17, 15) is 8.78 Å². The fraction of sp³-hybridized carbons (Fsp3) is 0.211. The molecule has 0 fully saturated rings. The second-order valence-electron chi connectivity index (χ2n) is 5.47. The van der Waals surface area contributed by atoms with Gasteiger partial charge in [-0.2, -0.15) is 4.99 Å². The summed E-state index contributed by atoms with van der Waals surface area (Å²) in [6, 6.07) is 9.43. The van der Waals surface area contributed by atoms with Crippen LogP contribution < -0.4 is 4.74 Å². The Hall–Kier alpha value is -2.54. The van der Waals surface area contributed by atoms with E-state index in [1.165, 1.54) is 0 Å². The van der Waals surface area contributed by atoms with E-state index < -0.39 is 17.3 Å². The number of nitrogens with zero attached hydrogens (tertiary/aromatic N) is 1. The van der Waals surface area contributed by atoms with E-state index in [0.717, 1.165) is 17.9 Å². The van der Waals surface area contributed by atoms with Gasteiger partial charge in [0, 0.05) is 11.1 Å². The van der Waals surface area contributed by atoms with Crippen molar-refractivity contribution in [2.24, 2.45) is 10.9 Å². The third kappa shape index (κ3) is 4.99. The number of aliphatic imine (C=N–C) groups is 1. The van der Waals surface area contributed by atoms with Gasteiger partial charge in [-0.15, -0.1) is 0 Å². The molecule has 0 aliphatic heterocycles. The molecule has 122 valence electrons. The first kappa shape index (κ1) is 17.8. The first-order chi connectivity index (χ1) is 11.5. The largest absolute Gasteiger partial charge is 0.493 e. The van der Waals surface area contributed by atoms with Gasteiger partial charge in [0.1, 0.15) is 11.4 Å². The zero-order valence-electron chi connectivity index (χ0n) is 13.3. The Morgan fingerprint density at radius 1 is 1.04 bits per heavy atom. The van der Waals surface area contributed by atoms with Crippen LogP contribution in [0.2, 0.25) is 0 Å². The Kier molecular flexibility index (Phi) is 6.20. The van der Waals surface area contributed by atoms with Crippen molar-refractivity contribution < 1.29 is 13.5 Å². The molecule has 2 nitrogen and oxygen atoms in total. The van der Waals surface area contributed by atoms with Gasteiger partial charge in [0.2, 0.25) is 0 Å². The van der Waals surface area contributed by atoms with Crippen LogP contribution in [0.25, 0.3) is 0 Å². The summed E-state index contributed by atoms with van der Waals surface area (Å²) in [5, 5.41) is 1.95. The number of benzene rings is 2. The standard InChI is InChI=1S/C19H15F2NOS/c1-13(2)11-23-16-7-5-14(6-8-16)3-4-15-9-17(20)19(22-12-24)18(21)10-15/h5-10,13H,11H2,1-2H3. The zero-order valence-corrected chi connectivity index (χ0v) is 14.1. The van der Waals surface area contributed by atoms with E-state index >= 15 is 0 Å². The number of hydrogen-bond acceptors (Lipinski definition) is 3. The van der Waals surface area contributed by atoms with Crippen LogP contribution in [0, 0.1) is 29.4 Å². The molecular formula is C19H15F2NOS. The Labute approximate surface area is 145 Å². The van der Waals surface area contributed by atoms with Crippen molar-refractivity contribution in [1.29, 1.82) is 0 Å². The molecule has 0 bridgehead atoms. The monoisotopic (exact) mass is 343 g/mol. The number of isothiocyanates is 1. The maximum absolute atomic E-state index is 13.7. The summed E-state index contributed by atoms with van der Waals surface area (Å²) in [7, 11) is 0. The molecule has 2 rings (SSSR count). The molecule has 0 saturated carbocycles. The van der Waals surface area contributed by atoms with Crippen LogP contribution in [-0.2, 0) is 0 Å². The summed E-state index contributed by atoms with van der Waals surface area (Å²) in [5.41, 5.74) is 0.476. The minimum absolute atomic E-state index is 0.216. The van der Waals surface area contributed by atoms with Crippen LogP contribution in [0.4, 0.5) is 14.5 Å². The molecule has 2 aromatic rings. The zero-order chi connectivity index (χ0) is 17.5. The van der Waals surface area contributed by atoms with Crippen molar-refractivity contribution in [3.05, 3.63) is 59.2 Å². The van der Waals surface area contributed by atoms with Gasteiger partial charge in [0.15, 0.2) is 11.6 Å². The first-order valence-electron chi connectivity index (χ1n) is 7.31. The van der Waals surface area contributed by atoms with E-state index in [0.29, 0.717) is 18.1 Å². The van der Waals surface area contributed by atoms with Crippen LogP contribution in [0.15, 0.2) is 41.4 Å². The number of rotatable bonds is 4. The quantitative estimate of drug-likeness (QED) is 0.436. The minimum Gasteiger partial charge on any atom is -0.493 e. The lowest BCUT2D eigenvalue weighted by atomic mass is 10.1. The molecule has 0 amide bonds. The second-order valence-corrected chi connectivity index (χ2v) is 5.65. The fourth-order valence-corrected chi connectivity index (χ4v) is 1.92. The van der Waals surface area contributed by atoms with Gasteiger partial charge < -0.3 is 4.74 Å². The van der Waals surface area contributed by atoms with E-state index in [2.05, 4.69) is 42.9 Å². The SMILES string of the molecule is CC(C)COc1ccc(C#Cc2cc(F)c(N=C=S)c(F)c2)cc1. The molecular weight excluding hydrogens is 328 g/mol. The summed E-state index contributed by atoms with van der Waals surface area (Å²) in [6.45, 7) is 4.78.